The number of hydrogen-bond acceptors (Lipinski definition) is 3. The van der Waals surface area contributed by atoms with Crippen LogP contribution < -0.4 is 5.32 Å². The van der Waals surface area contributed by atoms with Gasteiger partial charge in [0.2, 0.25) is 0 Å². The number of rotatable bonds is 1. The monoisotopic (exact) mass is 264 g/mol. The van der Waals surface area contributed by atoms with Gasteiger partial charge in [-0.15, -0.1) is 0 Å². The van der Waals surface area contributed by atoms with E-state index >= 15 is 0 Å². The van der Waals surface area contributed by atoms with Crippen molar-refractivity contribution in [2.45, 2.75) is 6.04 Å². The average Bonchev–Trinajstić information content (AvgIpc) is 2.93. The van der Waals surface area contributed by atoms with Crippen molar-refractivity contribution >= 4 is 6.09 Å². The third-order valence-electron chi connectivity index (χ3n) is 2.91. The summed E-state index contributed by atoms with van der Waals surface area (Å²) in [5, 5.41) is 2.70. The zero-order chi connectivity index (χ0) is 13.8. The zero-order valence-electron chi connectivity index (χ0n) is 10.7. The Labute approximate surface area is 116 Å². The molecule has 2 aromatic rings. The van der Waals surface area contributed by atoms with E-state index in [4.69, 9.17) is 4.74 Å². The number of nitrogens with zero attached hydrogens (tertiary/aromatic N) is 1. The molecule has 3 rings (SSSR count). The highest BCUT2D eigenvalue weighted by atomic mass is 16.6. The summed E-state index contributed by atoms with van der Waals surface area (Å²) in [5.74, 6) is 6.08. The fourth-order valence-electron chi connectivity index (χ4n) is 1.92. The van der Waals surface area contributed by atoms with Crippen LogP contribution in [0.5, 0.6) is 0 Å². The van der Waals surface area contributed by atoms with Gasteiger partial charge in [0.25, 0.3) is 0 Å². The summed E-state index contributed by atoms with van der Waals surface area (Å²) in [7, 11) is 0. The maximum absolute atomic E-state index is 11.0. The molecule has 1 saturated heterocycles. The molecular weight excluding hydrogens is 252 g/mol. The van der Waals surface area contributed by atoms with Crippen molar-refractivity contribution in [3.8, 4) is 11.8 Å². The number of alkyl carbamates (subject to hydrolysis) is 1. The number of nitrogens with one attached hydrogen (secondary N) is 1. The van der Waals surface area contributed by atoms with Crippen LogP contribution in [0.3, 0.4) is 0 Å². The molecule has 1 unspecified atom stereocenters. The minimum atomic E-state index is -0.405. The maximum atomic E-state index is 11.0. The fraction of sp³-hybridized carbons (Fsp3) is 0.125. The Hall–Kier alpha value is -2.80. The molecule has 0 spiro atoms. The van der Waals surface area contributed by atoms with Crippen LogP contribution in [0.1, 0.15) is 23.0 Å². The third-order valence-corrected chi connectivity index (χ3v) is 2.91. The highest BCUT2D eigenvalue weighted by molar-refractivity contribution is 5.69. The number of benzene rings is 1. The Morgan fingerprint density at radius 2 is 1.95 bits per heavy atom. The Balaban J connectivity index is 1.82. The molecule has 1 aliphatic heterocycles. The predicted octanol–water partition coefficient (Wildman–Crippen LogP) is 2.26. The van der Waals surface area contributed by atoms with Crippen molar-refractivity contribution in [2.75, 3.05) is 6.61 Å². The number of aromatic nitrogens is 1. The average molecular weight is 264 g/mol. The minimum Gasteiger partial charge on any atom is -0.447 e. The van der Waals surface area contributed by atoms with Crippen molar-refractivity contribution in [1.29, 1.82) is 0 Å². The van der Waals surface area contributed by atoms with Crippen LogP contribution in [0, 0.1) is 11.8 Å². The van der Waals surface area contributed by atoms with E-state index in [9.17, 15) is 4.79 Å². The van der Waals surface area contributed by atoms with Gasteiger partial charge >= 0.3 is 6.09 Å². The molecule has 1 atom stereocenters. The Bertz CT molecular complexity index is 686. The number of cyclic esters (lactones) is 1. The van der Waals surface area contributed by atoms with Crippen molar-refractivity contribution in [2.24, 2.45) is 0 Å². The molecular formula is C16H12N2O2. The molecule has 1 N–H and O–H groups in total. The topological polar surface area (TPSA) is 51.2 Å². The van der Waals surface area contributed by atoms with E-state index in [0.29, 0.717) is 12.3 Å². The first-order chi connectivity index (χ1) is 9.81. The molecule has 0 aliphatic carbocycles. The molecule has 1 aromatic carbocycles. The van der Waals surface area contributed by atoms with Gasteiger partial charge in [-0.2, -0.15) is 0 Å². The second kappa shape index (κ2) is 5.45. The van der Waals surface area contributed by atoms with Crippen molar-refractivity contribution in [3.05, 3.63) is 65.5 Å². The molecule has 0 bridgehead atoms. The van der Waals surface area contributed by atoms with Gasteiger partial charge in [0.15, 0.2) is 0 Å². The highest BCUT2D eigenvalue weighted by Gasteiger charge is 2.24. The molecule has 98 valence electrons. The summed E-state index contributed by atoms with van der Waals surface area (Å²) in [6, 6.07) is 15.1. The first kappa shape index (κ1) is 12.2. The van der Waals surface area contributed by atoms with E-state index in [0.717, 1.165) is 11.3 Å². The van der Waals surface area contributed by atoms with Crippen LogP contribution in [-0.4, -0.2) is 17.7 Å². The Morgan fingerprint density at radius 3 is 2.70 bits per heavy atom. The standard InChI is InChI=1S/C16H12N2O2/c19-16-18-15(11-20-16)14-8-4-7-13(17-14)10-9-12-5-2-1-3-6-12/h1-8,15H,11H2,(H,18,19). The van der Waals surface area contributed by atoms with Gasteiger partial charge in [0.1, 0.15) is 18.3 Å². The molecule has 4 nitrogen and oxygen atoms in total. The van der Waals surface area contributed by atoms with Crippen molar-refractivity contribution in [3.63, 3.8) is 0 Å². The number of ether oxygens (including phenoxy) is 1. The van der Waals surface area contributed by atoms with E-state index in [-0.39, 0.29) is 6.04 Å². The molecule has 0 radical (unpaired) electrons. The molecule has 4 heteroatoms. The van der Waals surface area contributed by atoms with E-state index in [2.05, 4.69) is 22.1 Å². The summed E-state index contributed by atoms with van der Waals surface area (Å²) >= 11 is 0. The van der Waals surface area contributed by atoms with Gasteiger partial charge < -0.3 is 10.1 Å². The van der Waals surface area contributed by atoms with Gasteiger partial charge in [0, 0.05) is 5.56 Å². The fourth-order valence-corrected chi connectivity index (χ4v) is 1.92. The van der Waals surface area contributed by atoms with Gasteiger partial charge in [-0.05, 0) is 30.2 Å². The van der Waals surface area contributed by atoms with E-state index in [1.807, 2.05) is 48.5 Å². The molecule has 1 fully saturated rings. The quantitative estimate of drug-likeness (QED) is 0.804. The summed E-state index contributed by atoms with van der Waals surface area (Å²) in [6.45, 7) is 0.307. The number of carbonyl (C=O) groups is 1. The maximum Gasteiger partial charge on any atom is 0.407 e. The first-order valence-electron chi connectivity index (χ1n) is 6.28. The lowest BCUT2D eigenvalue weighted by molar-refractivity contribution is 0.177. The van der Waals surface area contributed by atoms with Crippen LogP contribution in [0.2, 0.25) is 0 Å². The second-order valence-electron chi connectivity index (χ2n) is 4.36. The van der Waals surface area contributed by atoms with Crippen LogP contribution in [0.4, 0.5) is 4.79 Å². The van der Waals surface area contributed by atoms with Crippen molar-refractivity contribution < 1.29 is 9.53 Å². The highest BCUT2D eigenvalue weighted by Crippen LogP contribution is 2.15. The lowest BCUT2D eigenvalue weighted by Crippen LogP contribution is -2.19. The molecule has 0 saturated carbocycles. The lowest BCUT2D eigenvalue weighted by atomic mass is 10.2. The van der Waals surface area contributed by atoms with Gasteiger partial charge in [0.05, 0.1) is 5.69 Å². The minimum absolute atomic E-state index is 0.194. The Kier molecular flexibility index (Phi) is 3.34. The summed E-state index contributed by atoms with van der Waals surface area (Å²) in [5.41, 5.74) is 2.38. The van der Waals surface area contributed by atoms with Crippen molar-refractivity contribution in [1.82, 2.24) is 10.3 Å². The number of pyridine rings is 1. The van der Waals surface area contributed by atoms with Crippen LogP contribution in [0.25, 0.3) is 0 Å². The molecule has 2 heterocycles. The Morgan fingerprint density at radius 1 is 1.10 bits per heavy atom. The molecule has 1 amide bonds. The summed E-state index contributed by atoms with van der Waals surface area (Å²) in [4.78, 5) is 15.5. The van der Waals surface area contributed by atoms with Gasteiger partial charge in [-0.1, -0.05) is 30.2 Å². The zero-order valence-corrected chi connectivity index (χ0v) is 10.7. The number of amides is 1. The third kappa shape index (κ3) is 2.78. The van der Waals surface area contributed by atoms with Crippen LogP contribution >= 0.6 is 0 Å². The molecule has 20 heavy (non-hydrogen) atoms. The van der Waals surface area contributed by atoms with Gasteiger partial charge in [-0.25, -0.2) is 9.78 Å². The van der Waals surface area contributed by atoms with Gasteiger partial charge in [-0.3, -0.25) is 0 Å². The summed E-state index contributed by atoms with van der Waals surface area (Å²) < 4.78 is 4.86. The summed E-state index contributed by atoms with van der Waals surface area (Å²) in [6.07, 6.45) is -0.405. The number of hydrogen-bond donors (Lipinski definition) is 1. The number of carbonyl (C=O) groups excluding carboxylic acids is 1. The van der Waals surface area contributed by atoms with Crippen LogP contribution in [0.15, 0.2) is 48.5 Å². The lowest BCUT2D eigenvalue weighted by Gasteiger charge is -2.06. The second-order valence-corrected chi connectivity index (χ2v) is 4.36. The SMILES string of the molecule is O=C1NC(c2cccc(C#Cc3ccccc3)n2)CO1. The molecule has 1 aromatic heterocycles. The smallest absolute Gasteiger partial charge is 0.407 e. The predicted molar refractivity (Wildman–Crippen MR) is 73.9 cm³/mol. The largest absolute Gasteiger partial charge is 0.447 e. The van der Waals surface area contributed by atoms with Crippen LogP contribution in [-0.2, 0) is 4.74 Å². The van der Waals surface area contributed by atoms with E-state index < -0.39 is 6.09 Å². The normalized spacial score (nSPS) is 16.8. The molecule has 1 aliphatic rings. The van der Waals surface area contributed by atoms with E-state index in [1.165, 1.54) is 0 Å². The van der Waals surface area contributed by atoms with E-state index in [1.54, 1.807) is 0 Å². The first-order valence-corrected chi connectivity index (χ1v) is 6.28.